The Bertz CT molecular complexity index is 954. The van der Waals surface area contributed by atoms with Gasteiger partial charge in [-0.1, -0.05) is 53.2 Å². The van der Waals surface area contributed by atoms with E-state index in [0.29, 0.717) is 30.5 Å². The van der Waals surface area contributed by atoms with Crippen molar-refractivity contribution in [2.24, 2.45) is 0 Å². The maximum Gasteiger partial charge on any atom is 0.277 e. The molecule has 3 aromatic rings. The Morgan fingerprint density at radius 2 is 1.89 bits per heavy atom. The number of anilines is 2. The molecule has 1 fully saturated rings. The van der Waals surface area contributed by atoms with Crippen molar-refractivity contribution in [3.05, 3.63) is 71.0 Å². The summed E-state index contributed by atoms with van der Waals surface area (Å²) in [5.74, 6) is -0.323. The van der Waals surface area contributed by atoms with Gasteiger partial charge in [-0.2, -0.15) is 0 Å². The van der Waals surface area contributed by atoms with E-state index in [4.69, 9.17) is 16.3 Å². The molecular formula is C20H20ClN5O2. The van der Waals surface area contributed by atoms with E-state index in [1.165, 1.54) is 0 Å². The summed E-state index contributed by atoms with van der Waals surface area (Å²) in [6, 6.07) is 15.4. The van der Waals surface area contributed by atoms with Crippen LogP contribution in [-0.2, 0) is 11.3 Å². The van der Waals surface area contributed by atoms with Gasteiger partial charge in [-0.3, -0.25) is 4.79 Å². The van der Waals surface area contributed by atoms with Gasteiger partial charge in [0.1, 0.15) is 0 Å². The van der Waals surface area contributed by atoms with Crippen molar-refractivity contribution in [2.75, 3.05) is 36.5 Å². The third kappa shape index (κ3) is 4.16. The van der Waals surface area contributed by atoms with Gasteiger partial charge in [0.15, 0.2) is 5.69 Å². The first-order valence-corrected chi connectivity index (χ1v) is 9.45. The standard InChI is InChI=1S/C20H20ClN5O2/c21-16-7-4-8-17(19(16)25-9-11-28-12-10-25)22-20(27)18-14-26(24-23-18)13-15-5-2-1-3-6-15/h1-8,14H,9-13H2,(H,22,27). The van der Waals surface area contributed by atoms with E-state index >= 15 is 0 Å². The van der Waals surface area contributed by atoms with E-state index in [1.807, 2.05) is 48.5 Å². The van der Waals surface area contributed by atoms with Crippen molar-refractivity contribution >= 4 is 28.9 Å². The summed E-state index contributed by atoms with van der Waals surface area (Å²) >= 11 is 6.42. The van der Waals surface area contributed by atoms with E-state index in [9.17, 15) is 4.79 Å². The Hall–Kier alpha value is -2.90. The summed E-state index contributed by atoms with van der Waals surface area (Å²) in [6.07, 6.45) is 1.64. The van der Waals surface area contributed by atoms with Gasteiger partial charge in [0.05, 0.1) is 42.4 Å². The lowest BCUT2D eigenvalue weighted by Gasteiger charge is -2.31. The first kappa shape index (κ1) is 18.5. The Kier molecular flexibility index (Phi) is 5.55. The van der Waals surface area contributed by atoms with Crippen LogP contribution in [0.5, 0.6) is 0 Å². The molecule has 1 saturated heterocycles. The summed E-state index contributed by atoms with van der Waals surface area (Å²) < 4.78 is 7.05. The van der Waals surface area contributed by atoms with E-state index in [0.717, 1.165) is 24.3 Å². The second-order valence-corrected chi connectivity index (χ2v) is 6.88. The number of amides is 1. The van der Waals surface area contributed by atoms with Crippen LogP contribution in [0.2, 0.25) is 5.02 Å². The minimum Gasteiger partial charge on any atom is -0.378 e. The largest absolute Gasteiger partial charge is 0.378 e. The minimum atomic E-state index is -0.323. The van der Waals surface area contributed by atoms with E-state index in [2.05, 4.69) is 20.5 Å². The summed E-state index contributed by atoms with van der Waals surface area (Å²) in [7, 11) is 0. The van der Waals surface area contributed by atoms with Gasteiger partial charge in [0.25, 0.3) is 5.91 Å². The molecule has 2 heterocycles. The highest BCUT2D eigenvalue weighted by Gasteiger charge is 2.20. The molecule has 2 aromatic carbocycles. The number of morpholine rings is 1. The maximum atomic E-state index is 12.7. The maximum absolute atomic E-state index is 12.7. The minimum absolute atomic E-state index is 0.254. The Morgan fingerprint density at radius 1 is 1.11 bits per heavy atom. The van der Waals surface area contributed by atoms with E-state index in [-0.39, 0.29) is 11.6 Å². The van der Waals surface area contributed by atoms with Crippen molar-refractivity contribution in [2.45, 2.75) is 6.54 Å². The summed E-state index contributed by atoms with van der Waals surface area (Å²) in [5, 5.41) is 11.6. The summed E-state index contributed by atoms with van der Waals surface area (Å²) in [4.78, 5) is 14.8. The van der Waals surface area contributed by atoms with Crippen LogP contribution in [0, 0.1) is 0 Å². The van der Waals surface area contributed by atoms with Gasteiger partial charge in [-0.05, 0) is 17.7 Å². The lowest BCUT2D eigenvalue weighted by Crippen LogP contribution is -2.37. The zero-order valence-corrected chi connectivity index (χ0v) is 16.0. The van der Waals surface area contributed by atoms with Crippen LogP contribution < -0.4 is 10.2 Å². The molecule has 0 atom stereocenters. The highest BCUT2D eigenvalue weighted by Crippen LogP contribution is 2.34. The number of rotatable bonds is 5. The van der Waals surface area contributed by atoms with Crippen molar-refractivity contribution < 1.29 is 9.53 Å². The molecule has 0 bridgehead atoms. The molecular weight excluding hydrogens is 378 g/mol. The molecule has 8 heteroatoms. The van der Waals surface area contributed by atoms with E-state index in [1.54, 1.807) is 10.9 Å². The van der Waals surface area contributed by atoms with Gasteiger partial charge >= 0.3 is 0 Å². The fourth-order valence-corrected chi connectivity index (χ4v) is 3.46. The summed E-state index contributed by atoms with van der Waals surface area (Å²) in [6.45, 7) is 3.26. The predicted molar refractivity (Wildman–Crippen MR) is 108 cm³/mol. The smallest absolute Gasteiger partial charge is 0.277 e. The topological polar surface area (TPSA) is 72.3 Å². The van der Waals surface area contributed by atoms with Crippen LogP contribution in [0.25, 0.3) is 0 Å². The van der Waals surface area contributed by atoms with Gasteiger partial charge in [-0.15, -0.1) is 5.10 Å². The molecule has 0 spiro atoms. The molecule has 1 N–H and O–H groups in total. The fourth-order valence-electron chi connectivity index (χ4n) is 3.16. The number of halogens is 1. The molecule has 0 saturated carbocycles. The van der Waals surface area contributed by atoms with Crippen molar-refractivity contribution in [3.8, 4) is 0 Å². The predicted octanol–water partition coefficient (Wildman–Crippen LogP) is 3.07. The second kappa shape index (κ2) is 8.41. The lowest BCUT2D eigenvalue weighted by molar-refractivity contribution is 0.102. The number of para-hydroxylation sites is 1. The molecule has 7 nitrogen and oxygen atoms in total. The average molecular weight is 398 g/mol. The number of carbonyl (C=O) groups is 1. The van der Waals surface area contributed by atoms with Gasteiger partial charge in [0, 0.05) is 13.1 Å². The Morgan fingerprint density at radius 3 is 2.68 bits per heavy atom. The van der Waals surface area contributed by atoms with E-state index < -0.39 is 0 Å². The number of benzene rings is 2. The number of carbonyl (C=O) groups excluding carboxylic acids is 1. The Balaban J connectivity index is 1.50. The SMILES string of the molecule is O=C(Nc1cccc(Cl)c1N1CCOCC1)c1cn(Cc2ccccc2)nn1. The van der Waals surface area contributed by atoms with Gasteiger partial charge in [-0.25, -0.2) is 4.68 Å². The third-order valence-corrected chi connectivity index (χ3v) is 4.83. The number of nitrogens with zero attached hydrogens (tertiary/aromatic N) is 4. The van der Waals surface area contributed by atoms with Gasteiger partial charge < -0.3 is 15.0 Å². The first-order chi connectivity index (χ1) is 13.7. The number of nitrogens with one attached hydrogen (secondary N) is 1. The molecule has 1 aliphatic heterocycles. The summed E-state index contributed by atoms with van der Waals surface area (Å²) in [5.41, 5.74) is 2.79. The Labute approximate surface area is 167 Å². The monoisotopic (exact) mass is 397 g/mol. The first-order valence-electron chi connectivity index (χ1n) is 9.07. The molecule has 0 radical (unpaired) electrons. The molecule has 28 heavy (non-hydrogen) atoms. The number of aromatic nitrogens is 3. The third-order valence-electron chi connectivity index (χ3n) is 4.52. The zero-order valence-electron chi connectivity index (χ0n) is 15.2. The van der Waals surface area contributed by atoms with Crippen LogP contribution in [-0.4, -0.2) is 47.2 Å². The normalized spacial score (nSPS) is 14.1. The highest BCUT2D eigenvalue weighted by molar-refractivity contribution is 6.34. The van der Waals surface area contributed by atoms with Gasteiger partial charge in [0.2, 0.25) is 0 Å². The van der Waals surface area contributed by atoms with Crippen LogP contribution in [0.1, 0.15) is 16.1 Å². The molecule has 0 unspecified atom stereocenters. The van der Waals surface area contributed by atoms with Crippen LogP contribution >= 0.6 is 11.6 Å². The second-order valence-electron chi connectivity index (χ2n) is 6.48. The molecule has 4 rings (SSSR count). The number of hydrogen-bond donors (Lipinski definition) is 1. The molecule has 1 amide bonds. The molecule has 0 aliphatic carbocycles. The van der Waals surface area contributed by atoms with Crippen molar-refractivity contribution in [1.29, 1.82) is 0 Å². The quantitative estimate of drug-likeness (QED) is 0.716. The number of ether oxygens (including phenoxy) is 1. The lowest BCUT2D eigenvalue weighted by atomic mass is 10.2. The molecule has 1 aromatic heterocycles. The fraction of sp³-hybridized carbons (Fsp3) is 0.250. The van der Waals surface area contributed by atoms with Crippen molar-refractivity contribution in [1.82, 2.24) is 15.0 Å². The zero-order chi connectivity index (χ0) is 19.3. The van der Waals surface area contributed by atoms with Crippen LogP contribution in [0.4, 0.5) is 11.4 Å². The van der Waals surface area contributed by atoms with Crippen LogP contribution in [0.15, 0.2) is 54.7 Å². The molecule has 144 valence electrons. The molecule has 1 aliphatic rings. The van der Waals surface area contributed by atoms with Crippen molar-refractivity contribution in [3.63, 3.8) is 0 Å². The highest BCUT2D eigenvalue weighted by atomic mass is 35.5. The van der Waals surface area contributed by atoms with Crippen LogP contribution in [0.3, 0.4) is 0 Å². The number of hydrogen-bond acceptors (Lipinski definition) is 5. The average Bonchev–Trinajstić information content (AvgIpc) is 3.18.